The first-order valence-corrected chi connectivity index (χ1v) is 5.04. The summed E-state index contributed by atoms with van der Waals surface area (Å²) in [5.41, 5.74) is 0.400. The van der Waals surface area contributed by atoms with Crippen LogP contribution < -0.4 is 0 Å². The van der Waals surface area contributed by atoms with Gasteiger partial charge in [0.1, 0.15) is 11.8 Å². The van der Waals surface area contributed by atoms with E-state index in [1.165, 1.54) is 18.3 Å². The number of aromatic nitrogens is 1. The van der Waals surface area contributed by atoms with Crippen LogP contribution in [0.5, 0.6) is 0 Å². The molecular weight excluding hydrogens is 241 g/mol. The molecule has 0 saturated carbocycles. The number of pyridine rings is 1. The molecule has 0 aliphatic heterocycles. The van der Waals surface area contributed by atoms with Gasteiger partial charge < -0.3 is 0 Å². The van der Waals surface area contributed by atoms with Crippen molar-refractivity contribution in [3.05, 3.63) is 53.9 Å². The van der Waals surface area contributed by atoms with Crippen molar-refractivity contribution in [3.8, 4) is 17.2 Å². The molecule has 1 heterocycles. The van der Waals surface area contributed by atoms with Gasteiger partial charge in [0, 0.05) is 6.20 Å². The zero-order valence-corrected chi connectivity index (χ0v) is 9.07. The first kappa shape index (κ1) is 12.1. The number of rotatable bonds is 1. The largest absolute Gasteiger partial charge is 0.416 e. The molecule has 0 radical (unpaired) electrons. The first-order valence-electron chi connectivity index (χ1n) is 5.04. The van der Waals surface area contributed by atoms with Crippen LogP contribution in [0.15, 0.2) is 42.6 Å². The summed E-state index contributed by atoms with van der Waals surface area (Å²) in [5.74, 6) is 0. The second-order valence-electron chi connectivity index (χ2n) is 3.62. The molecule has 0 fully saturated rings. The zero-order chi connectivity index (χ0) is 13.2. The lowest BCUT2D eigenvalue weighted by Crippen LogP contribution is -2.04. The van der Waals surface area contributed by atoms with Crippen molar-refractivity contribution in [2.45, 2.75) is 6.18 Å². The summed E-state index contributed by atoms with van der Waals surface area (Å²) in [6, 6.07) is 9.83. The summed E-state index contributed by atoms with van der Waals surface area (Å²) < 4.78 is 37.7. The second-order valence-corrected chi connectivity index (χ2v) is 3.62. The molecule has 2 rings (SSSR count). The minimum Gasteiger partial charge on any atom is -0.246 e. The van der Waals surface area contributed by atoms with Crippen LogP contribution in [0.25, 0.3) is 11.1 Å². The van der Waals surface area contributed by atoms with Crippen molar-refractivity contribution in [1.82, 2.24) is 4.98 Å². The predicted molar refractivity (Wildman–Crippen MR) is 59.4 cm³/mol. The van der Waals surface area contributed by atoms with Gasteiger partial charge in [-0.3, -0.25) is 0 Å². The first-order chi connectivity index (χ1) is 8.50. The molecule has 1 aromatic carbocycles. The summed E-state index contributed by atoms with van der Waals surface area (Å²) >= 11 is 0. The fraction of sp³-hybridized carbons (Fsp3) is 0.0769. The van der Waals surface area contributed by atoms with Gasteiger partial charge in [-0.1, -0.05) is 12.1 Å². The lowest BCUT2D eigenvalue weighted by atomic mass is 10.0. The van der Waals surface area contributed by atoms with E-state index in [2.05, 4.69) is 4.98 Å². The van der Waals surface area contributed by atoms with Gasteiger partial charge in [0.15, 0.2) is 0 Å². The molecule has 0 bridgehead atoms. The van der Waals surface area contributed by atoms with E-state index in [-0.39, 0.29) is 5.69 Å². The van der Waals surface area contributed by atoms with E-state index in [4.69, 9.17) is 5.26 Å². The molecule has 0 spiro atoms. The number of halogens is 3. The third kappa shape index (κ3) is 2.48. The van der Waals surface area contributed by atoms with Gasteiger partial charge in [-0.05, 0) is 35.4 Å². The molecule has 2 nitrogen and oxygen atoms in total. The summed E-state index contributed by atoms with van der Waals surface area (Å²) in [4.78, 5) is 3.77. The van der Waals surface area contributed by atoms with E-state index >= 15 is 0 Å². The summed E-state index contributed by atoms with van der Waals surface area (Å²) in [5, 5.41) is 8.70. The predicted octanol–water partition coefficient (Wildman–Crippen LogP) is 3.64. The summed E-state index contributed by atoms with van der Waals surface area (Å²) in [7, 11) is 0. The Morgan fingerprint density at radius 1 is 1.06 bits per heavy atom. The van der Waals surface area contributed by atoms with Gasteiger partial charge in [-0.15, -0.1) is 0 Å². The lowest BCUT2D eigenvalue weighted by Gasteiger charge is -2.08. The highest BCUT2D eigenvalue weighted by atomic mass is 19.4. The number of nitriles is 1. The molecule has 0 atom stereocenters. The standard InChI is InChI=1S/C13H7F3N2/c14-13(15,16)11-3-1-2-9(6-11)10-4-5-18-12(7-10)8-17/h1-7H. The Morgan fingerprint density at radius 3 is 2.44 bits per heavy atom. The molecule has 18 heavy (non-hydrogen) atoms. The SMILES string of the molecule is N#Cc1cc(-c2cccc(C(F)(F)F)c2)ccn1. The smallest absolute Gasteiger partial charge is 0.246 e. The van der Waals surface area contributed by atoms with E-state index in [1.807, 2.05) is 6.07 Å². The Morgan fingerprint density at radius 2 is 1.78 bits per heavy atom. The third-order valence-electron chi connectivity index (χ3n) is 2.40. The molecule has 5 heteroatoms. The molecule has 0 aliphatic rings. The molecule has 0 unspecified atom stereocenters. The van der Waals surface area contributed by atoms with Gasteiger partial charge in [0.2, 0.25) is 0 Å². The Balaban J connectivity index is 2.48. The minimum absolute atomic E-state index is 0.171. The number of hydrogen-bond donors (Lipinski definition) is 0. The van der Waals surface area contributed by atoms with E-state index in [0.717, 1.165) is 12.1 Å². The molecule has 2 aromatic rings. The number of hydrogen-bond acceptors (Lipinski definition) is 2. The average Bonchev–Trinajstić information content (AvgIpc) is 2.38. The van der Waals surface area contributed by atoms with Crippen LogP contribution in [0.1, 0.15) is 11.3 Å². The Hall–Kier alpha value is -2.35. The summed E-state index contributed by atoms with van der Waals surface area (Å²) in [6.45, 7) is 0. The second kappa shape index (κ2) is 4.49. The summed E-state index contributed by atoms with van der Waals surface area (Å²) in [6.07, 6.45) is -2.98. The zero-order valence-electron chi connectivity index (χ0n) is 9.07. The molecule has 0 amide bonds. The number of benzene rings is 1. The Kier molecular flexibility index (Phi) is 3.02. The molecule has 0 aliphatic carbocycles. The van der Waals surface area contributed by atoms with Crippen molar-refractivity contribution in [2.24, 2.45) is 0 Å². The highest BCUT2D eigenvalue weighted by Crippen LogP contribution is 2.32. The van der Waals surface area contributed by atoms with Gasteiger partial charge in [-0.25, -0.2) is 4.98 Å². The van der Waals surface area contributed by atoms with Gasteiger partial charge >= 0.3 is 6.18 Å². The van der Waals surface area contributed by atoms with Crippen molar-refractivity contribution >= 4 is 0 Å². The highest BCUT2D eigenvalue weighted by Gasteiger charge is 2.30. The normalized spacial score (nSPS) is 11.0. The fourth-order valence-corrected chi connectivity index (χ4v) is 1.55. The Labute approximate surface area is 101 Å². The van der Waals surface area contributed by atoms with Gasteiger partial charge in [-0.2, -0.15) is 18.4 Å². The maximum absolute atomic E-state index is 12.6. The maximum atomic E-state index is 12.6. The Bertz CT molecular complexity index is 612. The minimum atomic E-state index is -4.37. The number of alkyl halides is 3. The van der Waals surface area contributed by atoms with Crippen LogP contribution in [0, 0.1) is 11.3 Å². The van der Waals surface area contributed by atoms with Gasteiger partial charge in [0.05, 0.1) is 5.56 Å². The third-order valence-corrected chi connectivity index (χ3v) is 2.40. The fourth-order valence-electron chi connectivity index (χ4n) is 1.55. The lowest BCUT2D eigenvalue weighted by molar-refractivity contribution is -0.137. The van der Waals surface area contributed by atoms with E-state index in [0.29, 0.717) is 11.1 Å². The van der Waals surface area contributed by atoms with Crippen molar-refractivity contribution in [3.63, 3.8) is 0 Å². The topological polar surface area (TPSA) is 36.7 Å². The molecule has 0 N–H and O–H groups in total. The van der Waals surface area contributed by atoms with Crippen LogP contribution in [0.4, 0.5) is 13.2 Å². The highest BCUT2D eigenvalue weighted by molar-refractivity contribution is 5.65. The molecule has 90 valence electrons. The van der Waals surface area contributed by atoms with Crippen molar-refractivity contribution < 1.29 is 13.2 Å². The van der Waals surface area contributed by atoms with Crippen LogP contribution in [-0.4, -0.2) is 4.98 Å². The van der Waals surface area contributed by atoms with E-state index < -0.39 is 11.7 Å². The van der Waals surface area contributed by atoms with E-state index in [1.54, 1.807) is 12.1 Å². The van der Waals surface area contributed by atoms with Crippen molar-refractivity contribution in [1.29, 1.82) is 5.26 Å². The maximum Gasteiger partial charge on any atom is 0.416 e. The van der Waals surface area contributed by atoms with Gasteiger partial charge in [0.25, 0.3) is 0 Å². The average molecular weight is 248 g/mol. The van der Waals surface area contributed by atoms with E-state index in [9.17, 15) is 13.2 Å². The molecular formula is C13H7F3N2. The van der Waals surface area contributed by atoms with Crippen LogP contribution in [-0.2, 0) is 6.18 Å². The number of nitrogens with zero attached hydrogens (tertiary/aromatic N) is 2. The van der Waals surface area contributed by atoms with Crippen LogP contribution in [0.3, 0.4) is 0 Å². The van der Waals surface area contributed by atoms with Crippen LogP contribution in [0.2, 0.25) is 0 Å². The molecule has 0 saturated heterocycles. The monoisotopic (exact) mass is 248 g/mol. The van der Waals surface area contributed by atoms with Crippen molar-refractivity contribution in [2.75, 3.05) is 0 Å². The van der Waals surface area contributed by atoms with Crippen LogP contribution >= 0.6 is 0 Å². The quantitative estimate of drug-likeness (QED) is 0.772. The molecule has 1 aromatic heterocycles.